The summed E-state index contributed by atoms with van der Waals surface area (Å²) >= 11 is 0. The zero-order valence-electron chi connectivity index (χ0n) is 13.8. The molecule has 1 aliphatic heterocycles. The van der Waals surface area contributed by atoms with Crippen molar-refractivity contribution in [2.24, 2.45) is 5.73 Å². The van der Waals surface area contributed by atoms with Crippen LogP contribution in [0.5, 0.6) is 0 Å². The third-order valence-corrected chi connectivity index (χ3v) is 3.83. The number of carbonyl (C=O) groups is 3. The fraction of sp³-hybridized carbons (Fsp3) is 0.188. The topological polar surface area (TPSA) is 159 Å². The van der Waals surface area contributed by atoms with Crippen molar-refractivity contribution in [2.75, 3.05) is 10.6 Å². The molecule has 6 N–H and O–H groups in total. The highest BCUT2D eigenvalue weighted by Crippen LogP contribution is 2.29. The number of nitrogens with one attached hydrogen (secondary N) is 4. The quantitative estimate of drug-likeness (QED) is 0.536. The van der Waals surface area contributed by atoms with Crippen LogP contribution in [0.4, 0.5) is 22.2 Å². The molecule has 10 heteroatoms. The van der Waals surface area contributed by atoms with Crippen LogP contribution in [0.3, 0.4) is 0 Å². The van der Waals surface area contributed by atoms with Crippen LogP contribution in [0.2, 0.25) is 0 Å². The van der Waals surface area contributed by atoms with Gasteiger partial charge in [0.2, 0.25) is 17.8 Å². The lowest BCUT2D eigenvalue weighted by Gasteiger charge is -2.23. The van der Waals surface area contributed by atoms with Gasteiger partial charge >= 0.3 is 6.03 Å². The summed E-state index contributed by atoms with van der Waals surface area (Å²) in [5, 5.41) is 7.27. The second-order valence-electron chi connectivity index (χ2n) is 5.83. The largest absolute Gasteiger partial charge is 0.351 e. The van der Waals surface area contributed by atoms with E-state index in [0.717, 1.165) is 5.56 Å². The maximum Gasteiger partial charge on any atom is 0.318 e. The number of carbonyl (C=O) groups excluding carboxylic acids is 3. The van der Waals surface area contributed by atoms with E-state index in [4.69, 9.17) is 5.73 Å². The molecule has 0 spiro atoms. The van der Waals surface area contributed by atoms with E-state index in [-0.39, 0.29) is 23.8 Å². The average molecular weight is 356 g/mol. The Morgan fingerprint density at radius 2 is 1.92 bits per heavy atom. The van der Waals surface area contributed by atoms with Gasteiger partial charge < -0.3 is 16.4 Å². The van der Waals surface area contributed by atoms with Gasteiger partial charge in [-0.1, -0.05) is 17.7 Å². The number of amides is 4. The smallest absolute Gasteiger partial charge is 0.318 e. The van der Waals surface area contributed by atoms with E-state index < -0.39 is 29.3 Å². The highest BCUT2D eigenvalue weighted by atomic mass is 16.2. The van der Waals surface area contributed by atoms with Crippen molar-refractivity contribution in [2.45, 2.75) is 19.3 Å². The van der Waals surface area contributed by atoms with Gasteiger partial charge in [0, 0.05) is 12.1 Å². The molecular formula is C16H16N6O4. The van der Waals surface area contributed by atoms with Crippen LogP contribution in [0.1, 0.15) is 23.5 Å². The number of aryl methyl sites for hydroxylation is 1. The number of aromatic nitrogens is 2. The first kappa shape index (κ1) is 17.1. The van der Waals surface area contributed by atoms with Crippen molar-refractivity contribution in [1.29, 1.82) is 0 Å². The van der Waals surface area contributed by atoms with E-state index in [2.05, 4.69) is 20.6 Å². The van der Waals surface area contributed by atoms with Gasteiger partial charge in [0.1, 0.15) is 5.82 Å². The first-order valence-electron chi connectivity index (χ1n) is 7.71. The lowest BCUT2D eigenvalue weighted by molar-refractivity contribution is -0.125. The van der Waals surface area contributed by atoms with Crippen molar-refractivity contribution >= 4 is 35.3 Å². The second-order valence-corrected chi connectivity index (χ2v) is 5.83. The molecule has 0 fully saturated rings. The van der Waals surface area contributed by atoms with Crippen molar-refractivity contribution in [3.8, 4) is 0 Å². The second kappa shape index (κ2) is 6.67. The maximum atomic E-state index is 12.5. The molecule has 2 aromatic rings. The number of nitrogens with two attached hydrogens (primary N) is 1. The van der Waals surface area contributed by atoms with E-state index in [9.17, 15) is 19.2 Å². The van der Waals surface area contributed by atoms with E-state index in [1.54, 1.807) is 12.1 Å². The lowest BCUT2D eigenvalue weighted by Crippen LogP contribution is -2.43. The number of hydrogen-bond acceptors (Lipinski definition) is 6. The molecule has 0 bridgehead atoms. The molecular weight excluding hydrogens is 340 g/mol. The Bertz CT molecular complexity index is 950. The Morgan fingerprint density at radius 3 is 2.58 bits per heavy atom. The van der Waals surface area contributed by atoms with Crippen LogP contribution >= 0.6 is 0 Å². The lowest BCUT2D eigenvalue weighted by atomic mass is 9.92. The third kappa shape index (κ3) is 3.53. The number of H-pyrrole nitrogens is 1. The molecule has 134 valence electrons. The maximum absolute atomic E-state index is 12.5. The molecule has 0 saturated heterocycles. The Hall–Kier alpha value is -3.69. The number of primary amides is 1. The molecule has 0 aliphatic carbocycles. The minimum atomic E-state index is -1.16. The van der Waals surface area contributed by atoms with Gasteiger partial charge in [0.15, 0.2) is 0 Å². The predicted molar refractivity (Wildman–Crippen MR) is 93.0 cm³/mol. The fourth-order valence-corrected chi connectivity index (χ4v) is 2.64. The highest BCUT2D eigenvalue weighted by Gasteiger charge is 2.35. The number of nitrogens with zero attached hydrogens (tertiary/aromatic N) is 1. The van der Waals surface area contributed by atoms with E-state index in [0.29, 0.717) is 5.69 Å². The van der Waals surface area contributed by atoms with Crippen LogP contribution in [0, 0.1) is 6.92 Å². The monoisotopic (exact) mass is 356 g/mol. The highest BCUT2D eigenvalue weighted by molar-refractivity contribution is 6.04. The van der Waals surface area contributed by atoms with Gasteiger partial charge in [-0.15, -0.1) is 0 Å². The molecule has 3 rings (SSSR count). The number of hydrogen-bond donors (Lipinski definition) is 5. The van der Waals surface area contributed by atoms with Gasteiger partial charge in [-0.25, -0.2) is 4.79 Å². The van der Waals surface area contributed by atoms with Gasteiger partial charge in [0.25, 0.3) is 5.56 Å². The van der Waals surface area contributed by atoms with Crippen molar-refractivity contribution < 1.29 is 14.4 Å². The number of rotatable bonds is 3. The summed E-state index contributed by atoms with van der Waals surface area (Å²) < 4.78 is 0. The van der Waals surface area contributed by atoms with Crippen LogP contribution in [-0.4, -0.2) is 27.8 Å². The summed E-state index contributed by atoms with van der Waals surface area (Å²) in [6.07, 6.45) is -0.290. The van der Waals surface area contributed by atoms with Gasteiger partial charge in [-0.2, -0.15) is 4.98 Å². The first-order valence-corrected chi connectivity index (χ1v) is 7.71. The predicted octanol–water partition coefficient (Wildman–Crippen LogP) is 0.443. The Balaban J connectivity index is 1.96. The molecule has 0 saturated carbocycles. The number of aromatic amines is 1. The first-order chi connectivity index (χ1) is 12.3. The summed E-state index contributed by atoms with van der Waals surface area (Å²) in [5.74, 6) is -2.42. The summed E-state index contributed by atoms with van der Waals surface area (Å²) in [6.45, 7) is 1.94. The molecule has 0 radical (unpaired) electrons. The SMILES string of the molecule is Cc1ccc(Nc2nc3c(c(=O)[nH]2)[C@H](C(=O)NC(N)=O)CC(=O)N3)cc1. The van der Waals surface area contributed by atoms with Crippen molar-refractivity contribution in [3.63, 3.8) is 0 Å². The molecule has 4 amide bonds. The number of imide groups is 1. The molecule has 1 aliphatic rings. The number of anilines is 3. The molecule has 1 aromatic heterocycles. The zero-order valence-corrected chi connectivity index (χ0v) is 13.8. The zero-order chi connectivity index (χ0) is 18.8. The average Bonchev–Trinajstić information content (AvgIpc) is 2.55. The van der Waals surface area contributed by atoms with E-state index in [1.807, 2.05) is 24.4 Å². The van der Waals surface area contributed by atoms with Crippen molar-refractivity contribution in [1.82, 2.24) is 15.3 Å². The molecule has 1 aromatic carbocycles. The summed E-state index contributed by atoms with van der Waals surface area (Å²) in [5.41, 5.74) is 6.05. The third-order valence-electron chi connectivity index (χ3n) is 3.83. The number of urea groups is 1. The minimum absolute atomic E-state index is 0.0298. The fourth-order valence-electron chi connectivity index (χ4n) is 2.64. The summed E-state index contributed by atoms with van der Waals surface area (Å²) in [6, 6.07) is 6.30. The van der Waals surface area contributed by atoms with Crippen LogP contribution in [0.25, 0.3) is 0 Å². The van der Waals surface area contributed by atoms with Crippen LogP contribution in [0.15, 0.2) is 29.1 Å². The number of fused-ring (bicyclic) bond motifs is 1. The van der Waals surface area contributed by atoms with Crippen molar-refractivity contribution in [3.05, 3.63) is 45.7 Å². The van der Waals surface area contributed by atoms with Gasteiger partial charge in [-0.05, 0) is 19.1 Å². The van der Waals surface area contributed by atoms with Crippen LogP contribution < -0.4 is 27.2 Å². The molecule has 1 atom stereocenters. The van der Waals surface area contributed by atoms with E-state index >= 15 is 0 Å². The molecule has 10 nitrogen and oxygen atoms in total. The Kier molecular flexibility index (Phi) is 4.40. The normalized spacial score (nSPS) is 15.6. The van der Waals surface area contributed by atoms with E-state index in [1.165, 1.54) is 0 Å². The Labute approximate surface area is 147 Å². The molecule has 26 heavy (non-hydrogen) atoms. The molecule has 0 unspecified atom stereocenters. The number of benzene rings is 1. The summed E-state index contributed by atoms with van der Waals surface area (Å²) in [7, 11) is 0. The van der Waals surface area contributed by atoms with Crippen LogP contribution in [-0.2, 0) is 9.59 Å². The standard InChI is InChI=1S/C16H16N6O4/c1-7-2-4-8(5-3-7)18-16-20-12-11(14(25)22-16)9(6-10(23)19-12)13(24)21-15(17)26/h2-5,9H,6H2,1H3,(H3,17,21,24,26)(H3,18,19,20,22,23,25)/t9-/m1/s1. The van der Waals surface area contributed by atoms with Gasteiger partial charge in [0.05, 0.1) is 11.5 Å². The van der Waals surface area contributed by atoms with Gasteiger partial charge in [-0.3, -0.25) is 24.7 Å². The Morgan fingerprint density at radius 1 is 1.23 bits per heavy atom. The minimum Gasteiger partial charge on any atom is -0.351 e. The summed E-state index contributed by atoms with van der Waals surface area (Å²) in [4.78, 5) is 54.0. The molecule has 2 heterocycles.